The summed E-state index contributed by atoms with van der Waals surface area (Å²) in [5.41, 5.74) is -1.17. The highest BCUT2D eigenvalue weighted by molar-refractivity contribution is 5.98. The number of rotatable bonds is 2. The zero-order valence-electron chi connectivity index (χ0n) is 14.8. The van der Waals surface area contributed by atoms with Gasteiger partial charge < -0.3 is 19.3 Å². The van der Waals surface area contributed by atoms with Crippen LogP contribution >= 0.6 is 0 Å². The molecule has 24 heavy (non-hydrogen) atoms. The van der Waals surface area contributed by atoms with E-state index in [1.807, 2.05) is 0 Å². The van der Waals surface area contributed by atoms with Gasteiger partial charge in [0.2, 0.25) is 0 Å². The molecule has 0 amide bonds. The molecular weight excluding hydrogens is 312 g/mol. The molecule has 3 rings (SSSR count). The maximum absolute atomic E-state index is 12.6. The molecule has 3 aliphatic rings. The summed E-state index contributed by atoms with van der Waals surface area (Å²) in [4.78, 5) is 24.6. The van der Waals surface area contributed by atoms with E-state index in [0.29, 0.717) is 19.6 Å². The van der Waals surface area contributed by atoms with Crippen molar-refractivity contribution < 1.29 is 28.9 Å². The second-order valence-corrected chi connectivity index (χ2v) is 7.62. The van der Waals surface area contributed by atoms with Crippen LogP contribution in [0.25, 0.3) is 0 Å². The van der Waals surface area contributed by atoms with Gasteiger partial charge in [0.25, 0.3) is 0 Å². The highest BCUT2D eigenvalue weighted by Crippen LogP contribution is 2.58. The van der Waals surface area contributed by atoms with Gasteiger partial charge in [0, 0.05) is 12.3 Å². The van der Waals surface area contributed by atoms with Crippen LogP contribution in [0.3, 0.4) is 0 Å². The molecule has 2 aliphatic carbocycles. The Bertz CT molecular complexity index is 586. The zero-order chi connectivity index (χ0) is 17.8. The minimum absolute atomic E-state index is 0.0107. The molecule has 0 aromatic rings. The lowest BCUT2D eigenvalue weighted by molar-refractivity contribution is -0.231. The first-order valence-electron chi connectivity index (χ1n) is 8.51. The summed E-state index contributed by atoms with van der Waals surface area (Å²) in [6.45, 7) is 6.64. The standard InChI is InChI=1S/C18H26O6/c1-11-16(2)10-13(17(3,21)15(20)22-4)14(19)9-12(16)5-6-18(11)23-7-8-24-18/h9,11,13,21H,5-8,10H2,1-4H3/t11-,13-,16-,17?/m1/s1. The van der Waals surface area contributed by atoms with E-state index in [1.165, 1.54) is 14.0 Å². The largest absolute Gasteiger partial charge is 0.467 e. The van der Waals surface area contributed by atoms with Crippen LogP contribution in [0.15, 0.2) is 11.6 Å². The third kappa shape index (κ3) is 2.35. The monoisotopic (exact) mass is 338 g/mol. The number of ketones is 1. The molecule has 1 heterocycles. The minimum atomic E-state index is -1.85. The molecule has 0 aromatic carbocycles. The van der Waals surface area contributed by atoms with E-state index in [1.54, 1.807) is 6.08 Å². The van der Waals surface area contributed by atoms with Gasteiger partial charge in [-0.25, -0.2) is 4.79 Å². The Balaban J connectivity index is 1.97. The van der Waals surface area contributed by atoms with Crippen LogP contribution in [0.5, 0.6) is 0 Å². The number of allylic oxidation sites excluding steroid dienone is 2. The normalized spacial score (nSPS) is 37.5. The number of hydrogen-bond acceptors (Lipinski definition) is 6. The quantitative estimate of drug-likeness (QED) is 0.770. The summed E-state index contributed by atoms with van der Waals surface area (Å²) in [7, 11) is 1.21. The second-order valence-electron chi connectivity index (χ2n) is 7.62. The molecule has 1 saturated heterocycles. The molecule has 2 fully saturated rings. The van der Waals surface area contributed by atoms with Crippen LogP contribution in [0, 0.1) is 17.3 Å². The van der Waals surface area contributed by atoms with E-state index in [9.17, 15) is 14.7 Å². The fourth-order valence-corrected chi connectivity index (χ4v) is 4.61. The third-order valence-electron chi connectivity index (χ3n) is 6.43. The highest BCUT2D eigenvalue weighted by atomic mass is 16.7. The second kappa shape index (κ2) is 5.64. The van der Waals surface area contributed by atoms with Crippen LogP contribution in [0.4, 0.5) is 0 Å². The van der Waals surface area contributed by atoms with E-state index >= 15 is 0 Å². The van der Waals surface area contributed by atoms with Crippen molar-refractivity contribution in [3.8, 4) is 0 Å². The van der Waals surface area contributed by atoms with Crippen LogP contribution in [-0.2, 0) is 23.8 Å². The van der Waals surface area contributed by atoms with Gasteiger partial charge in [-0.05, 0) is 31.3 Å². The van der Waals surface area contributed by atoms with E-state index in [4.69, 9.17) is 14.2 Å². The molecule has 1 aliphatic heterocycles. The first-order valence-corrected chi connectivity index (χ1v) is 8.51. The summed E-state index contributed by atoms with van der Waals surface area (Å²) in [5.74, 6) is -2.45. The first-order chi connectivity index (χ1) is 11.2. The van der Waals surface area contributed by atoms with Crippen molar-refractivity contribution in [1.82, 2.24) is 0 Å². The minimum Gasteiger partial charge on any atom is -0.467 e. The topological polar surface area (TPSA) is 82.1 Å². The van der Waals surface area contributed by atoms with Gasteiger partial charge in [-0.2, -0.15) is 0 Å². The Morgan fingerprint density at radius 3 is 2.62 bits per heavy atom. The Morgan fingerprint density at radius 1 is 1.42 bits per heavy atom. The molecule has 4 atom stereocenters. The maximum atomic E-state index is 12.6. The van der Waals surface area contributed by atoms with Gasteiger partial charge in [-0.1, -0.05) is 19.4 Å². The number of carbonyl (C=O) groups excluding carboxylic acids is 2. The van der Waals surface area contributed by atoms with Crippen LogP contribution in [0.1, 0.15) is 40.0 Å². The lowest BCUT2D eigenvalue weighted by Crippen LogP contribution is -2.57. The number of aliphatic hydroxyl groups is 1. The Morgan fingerprint density at radius 2 is 2.04 bits per heavy atom. The summed E-state index contributed by atoms with van der Waals surface area (Å²) in [6, 6.07) is 0. The van der Waals surface area contributed by atoms with Gasteiger partial charge in [0.15, 0.2) is 17.2 Å². The lowest BCUT2D eigenvalue weighted by Gasteiger charge is -2.53. The smallest absolute Gasteiger partial charge is 0.338 e. The summed E-state index contributed by atoms with van der Waals surface area (Å²) >= 11 is 0. The SMILES string of the molecule is COC(=O)C(C)(O)[C@@H]1C[C@@]2(C)C(=CC1=O)CCC1(OCCO1)[C@@H]2C. The molecule has 0 bridgehead atoms. The molecule has 0 radical (unpaired) electrons. The number of carbonyl (C=O) groups is 2. The maximum Gasteiger partial charge on any atom is 0.338 e. The summed E-state index contributed by atoms with van der Waals surface area (Å²) in [5, 5.41) is 10.6. The predicted octanol–water partition coefficient (Wildman–Crippen LogP) is 1.61. The van der Waals surface area contributed by atoms with E-state index in [0.717, 1.165) is 18.4 Å². The number of esters is 1. The van der Waals surface area contributed by atoms with E-state index in [2.05, 4.69) is 13.8 Å². The van der Waals surface area contributed by atoms with E-state index < -0.39 is 23.3 Å². The zero-order valence-corrected chi connectivity index (χ0v) is 14.8. The van der Waals surface area contributed by atoms with Gasteiger partial charge in [-0.3, -0.25) is 4.79 Å². The van der Waals surface area contributed by atoms with Crippen LogP contribution < -0.4 is 0 Å². The molecule has 1 N–H and O–H groups in total. The molecule has 6 nitrogen and oxygen atoms in total. The van der Waals surface area contributed by atoms with Gasteiger partial charge >= 0.3 is 5.97 Å². The Kier molecular flexibility index (Phi) is 4.13. The Labute approximate surface area is 142 Å². The fraction of sp³-hybridized carbons (Fsp3) is 0.778. The van der Waals surface area contributed by atoms with Crippen molar-refractivity contribution in [3.63, 3.8) is 0 Å². The Hall–Kier alpha value is -1.24. The number of methoxy groups -OCH3 is 1. The van der Waals surface area contributed by atoms with Crippen molar-refractivity contribution in [2.75, 3.05) is 20.3 Å². The average Bonchev–Trinajstić information content (AvgIpc) is 3.02. The predicted molar refractivity (Wildman–Crippen MR) is 85.0 cm³/mol. The van der Waals surface area contributed by atoms with Gasteiger partial charge in [-0.15, -0.1) is 0 Å². The van der Waals surface area contributed by atoms with Gasteiger partial charge in [0.05, 0.1) is 26.2 Å². The van der Waals surface area contributed by atoms with Crippen LogP contribution in [-0.4, -0.2) is 48.6 Å². The van der Waals surface area contributed by atoms with E-state index in [-0.39, 0.29) is 17.1 Å². The third-order valence-corrected chi connectivity index (χ3v) is 6.43. The molecule has 6 heteroatoms. The highest BCUT2D eigenvalue weighted by Gasteiger charge is 2.59. The number of fused-ring (bicyclic) bond motifs is 1. The molecular formula is C18H26O6. The number of hydrogen-bond donors (Lipinski definition) is 1. The van der Waals surface area contributed by atoms with Crippen molar-refractivity contribution in [3.05, 3.63) is 11.6 Å². The molecule has 134 valence electrons. The molecule has 1 spiro atoms. The summed E-state index contributed by atoms with van der Waals surface area (Å²) in [6.07, 6.45) is 3.43. The molecule has 1 saturated carbocycles. The molecule has 1 unspecified atom stereocenters. The fourth-order valence-electron chi connectivity index (χ4n) is 4.61. The van der Waals surface area contributed by atoms with Crippen molar-refractivity contribution in [2.45, 2.75) is 51.4 Å². The van der Waals surface area contributed by atoms with Crippen molar-refractivity contribution in [2.24, 2.45) is 17.3 Å². The lowest BCUT2D eigenvalue weighted by atomic mass is 9.54. The first kappa shape index (κ1) is 17.6. The number of ether oxygens (including phenoxy) is 3. The molecule has 0 aromatic heterocycles. The van der Waals surface area contributed by atoms with Crippen molar-refractivity contribution in [1.29, 1.82) is 0 Å². The average molecular weight is 338 g/mol. The van der Waals surface area contributed by atoms with Crippen molar-refractivity contribution >= 4 is 11.8 Å². The van der Waals surface area contributed by atoms with Gasteiger partial charge in [0.1, 0.15) is 0 Å². The summed E-state index contributed by atoms with van der Waals surface area (Å²) < 4.78 is 16.6. The van der Waals surface area contributed by atoms with Crippen LogP contribution in [0.2, 0.25) is 0 Å².